The molecule has 0 saturated heterocycles. The van der Waals surface area contributed by atoms with E-state index in [-0.39, 0.29) is 11.5 Å². The number of sulfonamides is 1. The van der Waals surface area contributed by atoms with Crippen LogP contribution < -0.4 is 15.0 Å². The summed E-state index contributed by atoms with van der Waals surface area (Å²) >= 11 is 0. The Morgan fingerprint density at radius 2 is 1.81 bits per heavy atom. The number of hydrazine groups is 1. The summed E-state index contributed by atoms with van der Waals surface area (Å²) in [5.41, 5.74) is 5.59. The number of amides is 1. The molecule has 0 saturated carbocycles. The van der Waals surface area contributed by atoms with Crippen molar-refractivity contribution >= 4 is 15.9 Å². The average Bonchev–Trinajstić information content (AvgIpc) is 3.13. The monoisotopic (exact) mass is 374 g/mol. The number of hydrogen-bond donors (Lipinski definition) is 2. The number of rotatable bonds is 7. The summed E-state index contributed by atoms with van der Waals surface area (Å²) in [7, 11) is -3.81. The van der Waals surface area contributed by atoms with Gasteiger partial charge in [-0.1, -0.05) is 25.1 Å². The lowest BCUT2D eigenvalue weighted by atomic mass is 10.1. The predicted molar refractivity (Wildman–Crippen MR) is 98.2 cm³/mol. The van der Waals surface area contributed by atoms with Crippen LogP contribution in [0.15, 0.2) is 47.4 Å². The molecule has 6 nitrogen and oxygen atoms in total. The lowest BCUT2D eigenvalue weighted by Gasteiger charge is -2.10. The van der Waals surface area contributed by atoms with Crippen LogP contribution in [0.3, 0.4) is 0 Å². The van der Waals surface area contributed by atoms with Crippen LogP contribution in [-0.2, 0) is 34.1 Å². The molecule has 0 heterocycles. The van der Waals surface area contributed by atoms with E-state index in [1.807, 2.05) is 18.2 Å². The summed E-state index contributed by atoms with van der Waals surface area (Å²) in [6, 6.07) is 12.5. The van der Waals surface area contributed by atoms with Gasteiger partial charge in [0.25, 0.3) is 15.9 Å². The number of nitrogens with one attached hydrogen (secondary N) is 2. The Hall–Kier alpha value is -2.38. The Balaban J connectivity index is 1.53. The molecule has 0 aromatic heterocycles. The molecule has 2 N–H and O–H groups in total. The van der Waals surface area contributed by atoms with Gasteiger partial charge in [0.1, 0.15) is 5.75 Å². The molecule has 0 atom stereocenters. The van der Waals surface area contributed by atoms with Crippen molar-refractivity contribution in [1.29, 1.82) is 0 Å². The minimum atomic E-state index is -3.81. The van der Waals surface area contributed by atoms with Crippen LogP contribution in [0.25, 0.3) is 0 Å². The third-order valence-electron chi connectivity index (χ3n) is 4.41. The summed E-state index contributed by atoms with van der Waals surface area (Å²) < 4.78 is 30.0. The van der Waals surface area contributed by atoms with Gasteiger partial charge in [-0.15, -0.1) is 4.83 Å². The Kier molecular flexibility index (Phi) is 5.58. The standard InChI is InChI=1S/C19H22N2O4S/c1-2-14-6-9-17(10-7-14)25-13-19(22)20-21-26(23,24)18-11-8-15-4-3-5-16(15)12-18/h6-12,21H,2-5,13H2,1H3,(H,20,22). The first kappa shape index (κ1) is 18.4. The van der Waals surface area contributed by atoms with Crippen LogP contribution in [0.5, 0.6) is 5.75 Å². The molecule has 2 aromatic carbocycles. The number of fused-ring (bicyclic) bond motifs is 1. The molecule has 1 aliphatic rings. The molecular weight excluding hydrogens is 352 g/mol. The third kappa shape index (κ3) is 4.42. The SMILES string of the molecule is CCc1ccc(OCC(=O)NNS(=O)(=O)c2ccc3c(c2)CCC3)cc1. The molecule has 1 amide bonds. The van der Waals surface area contributed by atoms with Gasteiger partial charge in [-0.3, -0.25) is 10.2 Å². The highest BCUT2D eigenvalue weighted by atomic mass is 32.2. The maximum absolute atomic E-state index is 12.3. The fourth-order valence-corrected chi connectivity index (χ4v) is 3.82. The second kappa shape index (κ2) is 7.88. The van der Waals surface area contributed by atoms with Crippen LogP contribution in [0.4, 0.5) is 0 Å². The van der Waals surface area contributed by atoms with Gasteiger partial charge in [-0.25, -0.2) is 8.42 Å². The number of carbonyl (C=O) groups excluding carboxylic acids is 1. The fourth-order valence-electron chi connectivity index (χ4n) is 2.90. The van der Waals surface area contributed by atoms with Crippen molar-refractivity contribution in [3.63, 3.8) is 0 Å². The molecule has 0 unspecified atom stereocenters. The maximum atomic E-state index is 12.3. The van der Waals surface area contributed by atoms with E-state index < -0.39 is 15.9 Å². The highest BCUT2D eigenvalue weighted by molar-refractivity contribution is 7.89. The molecule has 3 rings (SSSR count). The number of benzene rings is 2. The largest absolute Gasteiger partial charge is 0.484 e. The minimum absolute atomic E-state index is 0.148. The molecule has 26 heavy (non-hydrogen) atoms. The zero-order valence-electron chi connectivity index (χ0n) is 14.6. The van der Waals surface area contributed by atoms with Gasteiger partial charge in [0.15, 0.2) is 6.61 Å². The van der Waals surface area contributed by atoms with E-state index in [1.54, 1.807) is 24.3 Å². The fraction of sp³-hybridized carbons (Fsp3) is 0.316. The van der Waals surface area contributed by atoms with E-state index in [1.165, 1.54) is 11.1 Å². The molecule has 1 aliphatic carbocycles. The van der Waals surface area contributed by atoms with E-state index in [0.717, 1.165) is 31.2 Å². The van der Waals surface area contributed by atoms with Crippen molar-refractivity contribution < 1.29 is 17.9 Å². The normalized spacial score (nSPS) is 13.3. The Morgan fingerprint density at radius 3 is 2.54 bits per heavy atom. The van der Waals surface area contributed by atoms with Crippen LogP contribution in [0, 0.1) is 0 Å². The quantitative estimate of drug-likeness (QED) is 0.727. The molecule has 0 fully saturated rings. The summed E-state index contributed by atoms with van der Waals surface area (Å²) in [5.74, 6) is -0.0202. The van der Waals surface area contributed by atoms with Crippen molar-refractivity contribution in [1.82, 2.24) is 10.3 Å². The van der Waals surface area contributed by atoms with E-state index >= 15 is 0 Å². The summed E-state index contributed by atoms with van der Waals surface area (Å²) in [4.78, 5) is 14.1. The summed E-state index contributed by atoms with van der Waals surface area (Å²) in [6.45, 7) is 1.77. The van der Waals surface area contributed by atoms with Gasteiger partial charge < -0.3 is 4.74 Å². The topological polar surface area (TPSA) is 84.5 Å². The first-order chi connectivity index (χ1) is 12.5. The molecule has 2 aromatic rings. The lowest BCUT2D eigenvalue weighted by Crippen LogP contribution is -2.43. The molecular formula is C19H22N2O4S. The zero-order chi connectivity index (χ0) is 18.6. The van der Waals surface area contributed by atoms with Crippen LogP contribution in [0.1, 0.15) is 30.0 Å². The predicted octanol–water partition coefficient (Wildman–Crippen LogP) is 2.13. The van der Waals surface area contributed by atoms with E-state index in [0.29, 0.717) is 5.75 Å². The highest BCUT2D eigenvalue weighted by Crippen LogP contribution is 2.24. The average molecular weight is 374 g/mol. The number of aryl methyl sites for hydroxylation is 3. The minimum Gasteiger partial charge on any atom is -0.484 e. The molecule has 0 bridgehead atoms. The van der Waals surface area contributed by atoms with Gasteiger partial charge in [0.05, 0.1) is 4.90 Å². The molecule has 7 heteroatoms. The Bertz CT molecular complexity index is 892. The van der Waals surface area contributed by atoms with Crippen LogP contribution in [-0.4, -0.2) is 20.9 Å². The van der Waals surface area contributed by atoms with Gasteiger partial charge in [-0.05, 0) is 66.6 Å². The summed E-state index contributed by atoms with van der Waals surface area (Å²) in [5, 5.41) is 0. The lowest BCUT2D eigenvalue weighted by molar-refractivity contribution is -0.123. The van der Waals surface area contributed by atoms with Crippen molar-refractivity contribution in [3.8, 4) is 5.75 Å². The van der Waals surface area contributed by atoms with Crippen molar-refractivity contribution in [2.45, 2.75) is 37.5 Å². The molecule has 0 aliphatic heterocycles. The van der Waals surface area contributed by atoms with Gasteiger partial charge in [0, 0.05) is 0 Å². The van der Waals surface area contributed by atoms with Crippen LogP contribution >= 0.6 is 0 Å². The second-order valence-electron chi connectivity index (χ2n) is 6.22. The maximum Gasteiger partial charge on any atom is 0.272 e. The van der Waals surface area contributed by atoms with Crippen molar-refractivity contribution in [3.05, 3.63) is 59.2 Å². The van der Waals surface area contributed by atoms with E-state index in [2.05, 4.69) is 17.2 Å². The smallest absolute Gasteiger partial charge is 0.272 e. The summed E-state index contributed by atoms with van der Waals surface area (Å²) in [6.07, 6.45) is 3.83. The van der Waals surface area contributed by atoms with Gasteiger partial charge in [-0.2, -0.15) is 0 Å². The third-order valence-corrected chi connectivity index (χ3v) is 5.65. The van der Waals surface area contributed by atoms with Crippen molar-refractivity contribution in [2.75, 3.05) is 6.61 Å². The highest BCUT2D eigenvalue weighted by Gasteiger charge is 2.19. The van der Waals surface area contributed by atoms with E-state index in [9.17, 15) is 13.2 Å². The Morgan fingerprint density at radius 1 is 1.08 bits per heavy atom. The van der Waals surface area contributed by atoms with E-state index in [4.69, 9.17) is 4.74 Å². The van der Waals surface area contributed by atoms with Crippen LogP contribution in [0.2, 0.25) is 0 Å². The van der Waals surface area contributed by atoms with Gasteiger partial charge >= 0.3 is 0 Å². The van der Waals surface area contributed by atoms with Crippen molar-refractivity contribution in [2.24, 2.45) is 0 Å². The zero-order valence-corrected chi connectivity index (χ0v) is 15.4. The molecule has 0 spiro atoms. The van der Waals surface area contributed by atoms with Gasteiger partial charge in [0.2, 0.25) is 0 Å². The first-order valence-electron chi connectivity index (χ1n) is 8.62. The second-order valence-corrected chi connectivity index (χ2v) is 7.91. The Labute approximate surface area is 153 Å². The first-order valence-corrected chi connectivity index (χ1v) is 10.1. The number of hydrogen-bond acceptors (Lipinski definition) is 4. The molecule has 0 radical (unpaired) electrons. The molecule has 138 valence electrons. The number of carbonyl (C=O) groups is 1. The number of ether oxygens (including phenoxy) is 1.